The van der Waals surface area contributed by atoms with Crippen molar-refractivity contribution in [1.29, 1.82) is 0 Å². The molecule has 0 aromatic heterocycles. The maximum absolute atomic E-state index is 2.27. The Hall–Kier alpha value is 1.19. The fourth-order valence-corrected chi connectivity index (χ4v) is 0.612. The van der Waals surface area contributed by atoms with Crippen molar-refractivity contribution in [2.24, 2.45) is 0 Å². The molecule has 0 N–H and O–H groups in total. The van der Waals surface area contributed by atoms with Crippen molar-refractivity contribution in [2.75, 3.05) is 0 Å². The van der Waals surface area contributed by atoms with Crippen molar-refractivity contribution in [2.45, 2.75) is 29.5 Å². The van der Waals surface area contributed by atoms with Crippen molar-refractivity contribution in [3.05, 3.63) is 0 Å². The molecule has 0 amide bonds. The molecule has 0 aliphatic rings. The van der Waals surface area contributed by atoms with Gasteiger partial charge in [0.05, 0.1) is 0 Å². The quantitative estimate of drug-likeness (QED) is 0.452. The summed E-state index contributed by atoms with van der Waals surface area (Å²) in [4.78, 5) is 0. The number of hydrogen-bond donors (Lipinski definition) is 0. The molecule has 0 nitrogen and oxygen atoms in total. The second-order valence-electron chi connectivity index (χ2n) is 2.54. The molecule has 0 radical (unpaired) electrons. The van der Waals surface area contributed by atoms with Crippen LogP contribution in [-0.4, -0.2) is 35.4 Å². The summed E-state index contributed by atoms with van der Waals surface area (Å²) in [6.45, 7) is 2.27. The van der Waals surface area contributed by atoms with Crippen molar-refractivity contribution in [3.8, 4) is 0 Å². The molecule has 1 unspecified atom stereocenters. The van der Waals surface area contributed by atoms with Gasteiger partial charge in [0.25, 0.3) is 0 Å². The number of hydrogen-bond acceptors (Lipinski definition) is 0. The van der Waals surface area contributed by atoms with E-state index in [1.807, 2.05) is 0 Å². The average molecular weight is 84.0 g/mol. The van der Waals surface area contributed by atoms with Crippen molar-refractivity contribution >= 4 is 35.4 Å². The first-order chi connectivity index (χ1) is 3.27. The van der Waals surface area contributed by atoms with E-state index in [0.29, 0.717) is 0 Å². The Morgan fingerprint density at radius 2 is 2.14 bits per heavy atom. The van der Waals surface area contributed by atoms with E-state index < -0.39 is 0 Å². The summed E-state index contributed by atoms with van der Waals surface area (Å²) < 4.78 is 0.903. The minimum atomic E-state index is 0.903. The summed E-state index contributed by atoms with van der Waals surface area (Å²) >= 11 is 4.51. The van der Waals surface area contributed by atoms with Crippen LogP contribution in [0.15, 0.2) is 0 Å². The maximum atomic E-state index is 2.27. The predicted molar refractivity (Wildman–Crippen MR) is 35.0 cm³/mol. The third kappa shape index (κ3) is 7.19. The van der Waals surface area contributed by atoms with Gasteiger partial charge in [-0.05, 0) is 0 Å². The first-order valence-electron chi connectivity index (χ1n) is 3.27. The van der Waals surface area contributed by atoms with Gasteiger partial charge in [-0.2, -0.15) is 0 Å². The van der Waals surface area contributed by atoms with E-state index in [1.54, 1.807) is 0 Å². The van der Waals surface area contributed by atoms with E-state index in [4.69, 9.17) is 0 Å². The molecule has 7 heavy (non-hydrogen) atoms. The zero-order valence-corrected chi connectivity index (χ0v) is 5.70. The van der Waals surface area contributed by atoms with E-state index in [-0.39, 0.29) is 0 Å². The molecule has 1 atom stereocenters. The second kappa shape index (κ2) is 5.33. The SMILES string of the molecule is [Li][CH2]CC[CH]([Li])C. The molecule has 0 aromatic rings. The van der Waals surface area contributed by atoms with Gasteiger partial charge in [-0.15, -0.1) is 0 Å². The Bertz CT molecular complexity index is 35.1. The van der Waals surface area contributed by atoms with Crippen molar-refractivity contribution in [3.63, 3.8) is 0 Å². The third-order valence-electron chi connectivity index (χ3n) is 1.14. The van der Waals surface area contributed by atoms with Gasteiger partial charge in [-0.1, -0.05) is 0 Å². The van der Waals surface area contributed by atoms with E-state index in [2.05, 4.69) is 42.4 Å². The van der Waals surface area contributed by atoms with Gasteiger partial charge in [-0.3, -0.25) is 0 Å². The van der Waals surface area contributed by atoms with Crippen molar-refractivity contribution < 1.29 is 0 Å². The molecule has 0 saturated heterocycles. The van der Waals surface area contributed by atoms with Crippen LogP contribution in [0.1, 0.15) is 19.8 Å². The zero-order chi connectivity index (χ0) is 5.70. The summed E-state index contributed by atoms with van der Waals surface area (Å²) in [7, 11) is 0. The van der Waals surface area contributed by atoms with Gasteiger partial charge in [0.2, 0.25) is 0 Å². The summed E-state index contributed by atoms with van der Waals surface area (Å²) in [5.41, 5.74) is 0. The Balaban J connectivity index is 2.68. The molecule has 0 saturated carbocycles. The zero-order valence-electron chi connectivity index (χ0n) is 5.70. The topological polar surface area (TPSA) is 0 Å². The Morgan fingerprint density at radius 1 is 1.57 bits per heavy atom. The summed E-state index contributed by atoms with van der Waals surface area (Å²) in [5, 5.41) is 1.35. The minimum absolute atomic E-state index is 0.903. The van der Waals surface area contributed by atoms with Crippen LogP contribution in [0, 0.1) is 0 Å². The molecule has 0 bridgehead atoms. The fourth-order valence-electron chi connectivity index (χ4n) is 0.612. The van der Waals surface area contributed by atoms with Crippen LogP contribution >= 0.6 is 0 Å². The molecule has 2 heteroatoms. The summed E-state index contributed by atoms with van der Waals surface area (Å²) in [6.07, 6.45) is 2.80. The van der Waals surface area contributed by atoms with E-state index >= 15 is 0 Å². The van der Waals surface area contributed by atoms with Gasteiger partial charge in [-0.25, -0.2) is 0 Å². The molecule has 0 spiro atoms. The molecule has 0 fully saturated rings. The van der Waals surface area contributed by atoms with Crippen LogP contribution in [0.5, 0.6) is 0 Å². The van der Waals surface area contributed by atoms with Crippen LogP contribution in [-0.2, 0) is 0 Å². The monoisotopic (exact) mass is 84.1 g/mol. The van der Waals surface area contributed by atoms with Crippen LogP contribution in [0.25, 0.3) is 0 Å². The van der Waals surface area contributed by atoms with E-state index in [1.165, 1.54) is 17.9 Å². The van der Waals surface area contributed by atoms with E-state index in [9.17, 15) is 0 Å². The van der Waals surface area contributed by atoms with Crippen LogP contribution < -0.4 is 0 Å². The molecule has 0 rings (SSSR count). The Labute approximate surface area is 64.8 Å². The standard InChI is InChI=1S/C5H10.2Li/c1-3-5-4-2;;/h4H,1,3,5H2,2H3;;. The van der Waals surface area contributed by atoms with Crippen LogP contribution in [0.3, 0.4) is 0 Å². The second-order valence-corrected chi connectivity index (χ2v) is 2.54. The van der Waals surface area contributed by atoms with Gasteiger partial charge in [0.1, 0.15) is 0 Å². The molecule has 0 aliphatic heterocycles. The Kier molecular flexibility index (Phi) is 6.24. The Morgan fingerprint density at radius 3 is 2.29 bits per heavy atom. The van der Waals surface area contributed by atoms with Crippen LogP contribution in [0.2, 0.25) is 9.68 Å². The van der Waals surface area contributed by atoms with Gasteiger partial charge in [0, 0.05) is 0 Å². The molecule has 0 aromatic carbocycles. The number of rotatable bonds is 3. The first-order valence-corrected chi connectivity index (χ1v) is 3.27. The van der Waals surface area contributed by atoms with Crippen molar-refractivity contribution in [1.82, 2.24) is 0 Å². The predicted octanol–water partition coefficient (Wildman–Crippen LogP) is 1.33. The average Bonchev–Trinajstić information content (AvgIpc) is 1.61. The molecule has 0 heterocycles. The normalized spacial score (nSPS) is 14.4. The molecule has 32 valence electrons. The van der Waals surface area contributed by atoms with Gasteiger partial charge < -0.3 is 0 Å². The fraction of sp³-hybridized carbons (Fsp3) is 1.00. The first kappa shape index (κ1) is 8.19. The van der Waals surface area contributed by atoms with Crippen LogP contribution in [0.4, 0.5) is 0 Å². The van der Waals surface area contributed by atoms with Gasteiger partial charge >= 0.3 is 64.9 Å². The summed E-state index contributed by atoms with van der Waals surface area (Å²) in [6, 6.07) is 0. The molecule has 0 aliphatic carbocycles. The summed E-state index contributed by atoms with van der Waals surface area (Å²) in [5.74, 6) is 0. The third-order valence-corrected chi connectivity index (χ3v) is 1.14. The van der Waals surface area contributed by atoms with Gasteiger partial charge in [0.15, 0.2) is 0 Å². The van der Waals surface area contributed by atoms with E-state index in [0.717, 1.165) is 4.59 Å². The molecular formula is C5H10Li2. The molecular weight excluding hydrogens is 73.9 g/mol.